The van der Waals surface area contributed by atoms with Gasteiger partial charge in [-0.3, -0.25) is 4.79 Å². The molecule has 0 unspecified atom stereocenters. The van der Waals surface area contributed by atoms with Crippen LogP contribution in [0.25, 0.3) is 11.1 Å². The molecule has 0 aliphatic carbocycles. The van der Waals surface area contributed by atoms with E-state index in [1.165, 1.54) is 7.11 Å². The molecule has 24 heavy (non-hydrogen) atoms. The smallest absolute Gasteiger partial charge is 0.406 e. The van der Waals surface area contributed by atoms with Gasteiger partial charge >= 0.3 is 12.1 Å². The maximum Gasteiger partial charge on any atom is 0.406 e. The van der Waals surface area contributed by atoms with E-state index >= 15 is 0 Å². The molecular weight excluding hydrogens is 308 g/mol. The van der Waals surface area contributed by atoms with Crippen molar-refractivity contribution in [3.63, 3.8) is 0 Å². The quantitative estimate of drug-likeness (QED) is 0.675. The largest absolute Gasteiger partial charge is 0.453 e. The lowest BCUT2D eigenvalue weighted by molar-refractivity contribution is -0.134. The van der Waals surface area contributed by atoms with Crippen LogP contribution in [0.3, 0.4) is 0 Å². The van der Waals surface area contributed by atoms with E-state index in [1.54, 1.807) is 24.3 Å². The van der Waals surface area contributed by atoms with Crippen LogP contribution in [0.4, 0.5) is 4.79 Å². The molecule has 0 aliphatic rings. The number of methoxy groups -OCH3 is 1. The van der Waals surface area contributed by atoms with E-state index in [-0.39, 0.29) is 13.0 Å². The predicted molar refractivity (Wildman–Crippen MR) is 87.3 cm³/mol. The molecule has 1 N–H and O–H groups in total. The Balaban J connectivity index is 1.90. The molecule has 0 bridgehead atoms. The van der Waals surface area contributed by atoms with Crippen LogP contribution in [0.15, 0.2) is 48.5 Å². The molecular formula is C18H16N2O4. The van der Waals surface area contributed by atoms with E-state index in [0.717, 1.165) is 11.1 Å². The van der Waals surface area contributed by atoms with Crippen LogP contribution < -0.4 is 10.1 Å². The van der Waals surface area contributed by atoms with Gasteiger partial charge in [-0.2, -0.15) is 5.26 Å². The molecule has 0 aromatic heterocycles. The predicted octanol–water partition coefficient (Wildman–Crippen LogP) is 2.88. The Bertz CT molecular complexity index is 746. The molecule has 6 nitrogen and oxygen atoms in total. The summed E-state index contributed by atoms with van der Waals surface area (Å²) in [6, 6.07) is 16.3. The minimum atomic E-state index is -0.588. The highest BCUT2D eigenvalue weighted by atomic mass is 16.5. The Morgan fingerprint density at radius 1 is 1.04 bits per heavy atom. The number of carbonyl (C=O) groups excluding carboxylic acids is 2. The van der Waals surface area contributed by atoms with Crippen LogP contribution in [0.2, 0.25) is 0 Å². The normalized spacial score (nSPS) is 9.67. The SMILES string of the molecule is COC(=O)NCCC(=O)Oc1ccc(-c2ccc(C#N)cc2)cc1. The third kappa shape index (κ3) is 4.85. The molecule has 1 amide bonds. The summed E-state index contributed by atoms with van der Waals surface area (Å²) >= 11 is 0. The van der Waals surface area contributed by atoms with E-state index in [0.29, 0.717) is 11.3 Å². The zero-order valence-electron chi connectivity index (χ0n) is 13.1. The van der Waals surface area contributed by atoms with Gasteiger partial charge in [-0.25, -0.2) is 4.79 Å². The van der Waals surface area contributed by atoms with Gasteiger partial charge in [0.15, 0.2) is 0 Å². The number of esters is 1. The fraction of sp³-hybridized carbons (Fsp3) is 0.167. The van der Waals surface area contributed by atoms with Crippen LogP contribution in [-0.2, 0) is 9.53 Å². The molecule has 0 atom stereocenters. The third-order valence-electron chi connectivity index (χ3n) is 3.22. The van der Waals surface area contributed by atoms with Crippen LogP contribution in [0.5, 0.6) is 5.75 Å². The van der Waals surface area contributed by atoms with Gasteiger partial charge in [0.2, 0.25) is 0 Å². The fourth-order valence-corrected chi connectivity index (χ4v) is 1.97. The van der Waals surface area contributed by atoms with Crippen LogP contribution in [0, 0.1) is 11.3 Å². The second-order valence-electron chi connectivity index (χ2n) is 4.86. The minimum absolute atomic E-state index is 0.0481. The van der Waals surface area contributed by atoms with Crippen LogP contribution in [-0.4, -0.2) is 25.7 Å². The minimum Gasteiger partial charge on any atom is -0.453 e. The van der Waals surface area contributed by atoms with Crippen molar-refractivity contribution in [3.05, 3.63) is 54.1 Å². The van der Waals surface area contributed by atoms with E-state index in [9.17, 15) is 9.59 Å². The topological polar surface area (TPSA) is 88.4 Å². The molecule has 2 aromatic carbocycles. The summed E-state index contributed by atoms with van der Waals surface area (Å²) in [4.78, 5) is 22.5. The highest BCUT2D eigenvalue weighted by Crippen LogP contribution is 2.23. The first-order valence-electron chi connectivity index (χ1n) is 7.25. The maximum absolute atomic E-state index is 11.7. The molecule has 2 rings (SSSR count). The second-order valence-corrected chi connectivity index (χ2v) is 4.86. The number of nitrogens with zero attached hydrogens (tertiary/aromatic N) is 1. The summed E-state index contributed by atoms with van der Waals surface area (Å²) in [5.41, 5.74) is 2.52. The molecule has 0 fully saturated rings. The highest BCUT2D eigenvalue weighted by Gasteiger charge is 2.07. The van der Waals surface area contributed by atoms with Gasteiger partial charge < -0.3 is 14.8 Å². The van der Waals surface area contributed by atoms with Crippen LogP contribution >= 0.6 is 0 Å². The second kappa shape index (κ2) is 8.34. The monoisotopic (exact) mass is 324 g/mol. The Labute approximate surface area is 139 Å². The number of nitriles is 1. The van der Waals surface area contributed by atoms with Crippen molar-refractivity contribution in [1.29, 1.82) is 5.26 Å². The summed E-state index contributed by atoms with van der Waals surface area (Å²) < 4.78 is 9.58. The molecule has 0 saturated heterocycles. The first-order chi connectivity index (χ1) is 11.6. The summed E-state index contributed by atoms with van der Waals surface area (Å²) in [5.74, 6) is -0.0204. The molecule has 2 aromatic rings. The molecule has 0 radical (unpaired) electrons. The molecule has 122 valence electrons. The van der Waals surface area contributed by atoms with Gasteiger partial charge in [-0.15, -0.1) is 0 Å². The van der Waals surface area contributed by atoms with Crippen LogP contribution in [0.1, 0.15) is 12.0 Å². The summed E-state index contributed by atoms with van der Waals surface area (Å²) in [6.45, 7) is 0.148. The Hall–Kier alpha value is -3.33. The zero-order valence-corrected chi connectivity index (χ0v) is 13.1. The van der Waals surface area contributed by atoms with Gasteiger partial charge in [-0.05, 0) is 35.4 Å². The van der Waals surface area contributed by atoms with Crippen molar-refractivity contribution < 1.29 is 19.1 Å². The number of alkyl carbamates (subject to hydrolysis) is 1. The van der Waals surface area contributed by atoms with E-state index in [4.69, 9.17) is 10.00 Å². The van der Waals surface area contributed by atoms with E-state index in [2.05, 4.69) is 16.1 Å². The summed E-state index contributed by atoms with van der Waals surface area (Å²) in [5, 5.41) is 11.2. The number of hydrogen-bond acceptors (Lipinski definition) is 5. The van der Waals surface area contributed by atoms with Gasteiger partial charge in [0.05, 0.1) is 25.2 Å². The van der Waals surface area contributed by atoms with Crippen molar-refractivity contribution >= 4 is 12.1 Å². The molecule has 6 heteroatoms. The standard InChI is InChI=1S/C18H16N2O4/c1-23-18(22)20-11-10-17(21)24-16-8-6-15(7-9-16)14-4-2-13(12-19)3-5-14/h2-9H,10-11H2,1H3,(H,20,22). The van der Waals surface area contributed by atoms with Crippen molar-refractivity contribution in [2.45, 2.75) is 6.42 Å². The Morgan fingerprint density at radius 3 is 2.17 bits per heavy atom. The fourth-order valence-electron chi connectivity index (χ4n) is 1.97. The third-order valence-corrected chi connectivity index (χ3v) is 3.22. The van der Waals surface area contributed by atoms with Gasteiger partial charge in [-0.1, -0.05) is 24.3 Å². The van der Waals surface area contributed by atoms with Gasteiger partial charge in [0.1, 0.15) is 5.75 Å². The first-order valence-corrected chi connectivity index (χ1v) is 7.25. The number of hydrogen-bond donors (Lipinski definition) is 1. The lowest BCUT2D eigenvalue weighted by Crippen LogP contribution is -2.26. The number of carbonyl (C=O) groups is 2. The molecule has 0 aliphatic heterocycles. The average Bonchev–Trinajstić information content (AvgIpc) is 2.62. The number of rotatable bonds is 5. The van der Waals surface area contributed by atoms with Gasteiger partial charge in [0, 0.05) is 6.54 Å². The molecule has 0 saturated carbocycles. The Kier molecular flexibility index (Phi) is 5.92. The van der Waals surface area contributed by atoms with E-state index < -0.39 is 12.1 Å². The zero-order chi connectivity index (χ0) is 17.4. The Morgan fingerprint density at radius 2 is 1.62 bits per heavy atom. The summed E-state index contributed by atoms with van der Waals surface area (Å²) in [6.07, 6.45) is -0.540. The summed E-state index contributed by atoms with van der Waals surface area (Å²) in [7, 11) is 1.25. The van der Waals surface area contributed by atoms with Crippen molar-refractivity contribution in [1.82, 2.24) is 5.32 Å². The number of nitrogens with one attached hydrogen (secondary N) is 1. The number of benzene rings is 2. The number of amides is 1. The maximum atomic E-state index is 11.7. The number of ether oxygens (including phenoxy) is 2. The lowest BCUT2D eigenvalue weighted by atomic mass is 10.0. The highest BCUT2D eigenvalue weighted by molar-refractivity contribution is 5.74. The van der Waals surface area contributed by atoms with E-state index in [1.807, 2.05) is 24.3 Å². The average molecular weight is 324 g/mol. The van der Waals surface area contributed by atoms with Crippen molar-refractivity contribution in [3.8, 4) is 22.9 Å². The molecule has 0 spiro atoms. The van der Waals surface area contributed by atoms with Crippen molar-refractivity contribution in [2.75, 3.05) is 13.7 Å². The van der Waals surface area contributed by atoms with Crippen molar-refractivity contribution in [2.24, 2.45) is 0 Å². The lowest BCUT2D eigenvalue weighted by Gasteiger charge is -2.07. The van der Waals surface area contributed by atoms with Gasteiger partial charge in [0.25, 0.3) is 0 Å². The molecule has 0 heterocycles. The first kappa shape index (κ1) is 17.0.